The second kappa shape index (κ2) is 28.1. The highest BCUT2D eigenvalue weighted by Crippen LogP contribution is 2.33. The van der Waals surface area contributed by atoms with Crippen LogP contribution in [0.2, 0.25) is 0 Å². The van der Waals surface area contributed by atoms with Crippen molar-refractivity contribution in [3.8, 4) is 0 Å². The third-order valence-corrected chi connectivity index (χ3v) is 6.80. The van der Waals surface area contributed by atoms with Gasteiger partial charge in [-0.15, -0.1) is 20.1 Å². The van der Waals surface area contributed by atoms with E-state index in [1.807, 2.05) is 17.5 Å². The van der Waals surface area contributed by atoms with Crippen molar-refractivity contribution in [3.63, 3.8) is 0 Å². The molecule has 6 N–H and O–H groups in total. The number of hydrogen-bond donors (Lipinski definition) is 6. The van der Waals surface area contributed by atoms with E-state index >= 15 is 0 Å². The highest BCUT2D eigenvalue weighted by molar-refractivity contribution is 7.09. The lowest BCUT2D eigenvalue weighted by atomic mass is 10.3. The Morgan fingerprint density at radius 2 is 0.887 bits per heavy atom. The Morgan fingerprint density at radius 3 is 1.32 bits per heavy atom. The highest BCUT2D eigenvalue weighted by atomic mass is 32.1. The molecule has 0 radical (unpaired) electrons. The summed E-state index contributed by atoms with van der Waals surface area (Å²) in [4.78, 5) is 1.16. The maximum Gasteiger partial charge on any atom is 0.495 e. The van der Waals surface area contributed by atoms with E-state index in [9.17, 15) is 51.9 Å². The first-order valence-corrected chi connectivity index (χ1v) is 17.1. The summed E-state index contributed by atoms with van der Waals surface area (Å²) < 4.78 is 128. The molecule has 0 aliphatic rings. The number of halogens is 6. The molecule has 1 heterocycles. The summed E-state index contributed by atoms with van der Waals surface area (Å²) in [6.07, 6.45) is -20.3. The summed E-state index contributed by atoms with van der Waals surface area (Å²) in [6, 6.07) is 3.91. The van der Waals surface area contributed by atoms with Gasteiger partial charge in [0.05, 0.1) is 99.1 Å². The topological polar surface area (TPSA) is 214 Å². The zero-order chi connectivity index (χ0) is 39.6. The van der Waals surface area contributed by atoms with Gasteiger partial charge in [-0.25, -0.2) is 9.47 Å². The average Bonchev–Trinajstić information content (AvgIpc) is 3.57. The summed E-state index contributed by atoms with van der Waals surface area (Å²) in [7, 11) is 0. The number of alkyl halides is 6. The number of thiophene rings is 1. The van der Waals surface area contributed by atoms with Crippen LogP contribution in [-0.2, 0) is 53.8 Å². The predicted octanol–water partition coefficient (Wildman–Crippen LogP) is -0.0107. The first-order valence-electron chi connectivity index (χ1n) is 16.2. The Balaban J connectivity index is 2.10. The van der Waals surface area contributed by atoms with Gasteiger partial charge in [0.1, 0.15) is 43.7 Å². The fraction of sp³-hybridized carbons (Fsp3) is 0.867. The fourth-order valence-corrected chi connectivity index (χ4v) is 4.35. The van der Waals surface area contributed by atoms with E-state index in [-0.39, 0.29) is 66.1 Å². The summed E-state index contributed by atoms with van der Waals surface area (Å²) in [6.45, 7) is -7.54. The molecule has 0 fully saturated rings. The SMILES string of the molecule is OCCOCC(O)COCC(O)COCC(F)(F)OC(F)(F)OC(F)(F)COCCOCC(O)COCC(O)COCC(O)COCCc1cccs1. The molecule has 0 bridgehead atoms. The molecule has 0 amide bonds. The van der Waals surface area contributed by atoms with Crippen molar-refractivity contribution in [1.82, 2.24) is 0 Å². The number of aliphatic hydroxyl groups excluding tert-OH is 6. The second-order valence-corrected chi connectivity index (χ2v) is 12.2. The molecule has 0 saturated heterocycles. The third-order valence-electron chi connectivity index (χ3n) is 5.86. The van der Waals surface area contributed by atoms with Gasteiger partial charge in [-0.2, -0.15) is 17.6 Å². The first-order chi connectivity index (χ1) is 25.0. The molecule has 314 valence electrons. The molecule has 5 unspecified atom stereocenters. The maximum absolute atomic E-state index is 13.8. The Morgan fingerprint density at radius 1 is 0.509 bits per heavy atom. The van der Waals surface area contributed by atoms with E-state index in [2.05, 4.69) is 18.9 Å². The van der Waals surface area contributed by atoms with E-state index in [1.165, 1.54) is 0 Å². The van der Waals surface area contributed by atoms with Crippen molar-refractivity contribution in [2.75, 3.05) is 112 Å². The monoisotopic (exact) mass is 812 g/mol. The molecule has 53 heavy (non-hydrogen) atoms. The molecule has 5 atom stereocenters. The van der Waals surface area contributed by atoms with Gasteiger partial charge in [0.25, 0.3) is 0 Å². The molecule has 0 aromatic carbocycles. The Bertz CT molecular complexity index is 1010. The Kier molecular flexibility index (Phi) is 26.3. The third kappa shape index (κ3) is 28.7. The number of hydrogen-bond acceptors (Lipinski definition) is 17. The van der Waals surface area contributed by atoms with Crippen LogP contribution < -0.4 is 0 Å². The number of ether oxygens (including phenoxy) is 10. The molecule has 16 nitrogen and oxygen atoms in total. The van der Waals surface area contributed by atoms with Gasteiger partial charge in [0.15, 0.2) is 0 Å². The summed E-state index contributed by atoms with van der Waals surface area (Å²) in [5.41, 5.74) is 0. The normalized spacial score (nSPS) is 15.8. The lowest BCUT2D eigenvalue weighted by Crippen LogP contribution is -2.44. The van der Waals surface area contributed by atoms with Gasteiger partial charge >= 0.3 is 18.5 Å². The van der Waals surface area contributed by atoms with Crippen LogP contribution in [-0.4, -0.2) is 192 Å². The quantitative estimate of drug-likeness (QED) is 0.0299. The van der Waals surface area contributed by atoms with Gasteiger partial charge < -0.3 is 68.5 Å². The van der Waals surface area contributed by atoms with E-state index in [0.717, 1.165) is 11.3 Å². The van der Waals surface area contributed by atoms with Crippen LogP contribution in [0.25, 0.3) is 0 Å². The average molecular weight is 813 g/mol. The van der Waals surface area contributed by atoms with Gasteiger partial charge in [-0.05, 0) is 11.4 Å². The molecular formula is C30H50F6O16S. The van der Waals surface area contributed by atoms with Gasteiger partial charge in [-0.3, -0.25) is 0 Å². The van der Waals surface area contributed by atoms with Crippen LogP contribution in [0.3, 0.4) is 0 Å². The van der Waals surface area contributed by atoms with Gasteiger partial charge in [0, 0.05) is 11.3 Å². The standard InChI is InChI=1S/C30H50F6O16S/c31-28(32,51-30(35,36)52-29(33,34)21-50-19-26(42)18-49-14-23(39)11-44-6-4-37)20-46-8-7-45-12-24(40)15-48-17-25(41)16-47-13-22(38)10-43-5-3-27-2-1-9-53-27/h1-2,9,22-26,37-42H,3-8,10-21H2. The second-order valence-electron chi connectivity index (χ2n) is 11.2. The summed E-state index contributed by atoms with van der Waals surface area (Å²) >= 11 is 1.60. The van der Waals surface area contributed by atoms with E-state index in [0.29, 0.717) is 6.61 Å². The molecule has 1 aromatic heterocycles. The lowest BCUT2D eigenvalue weighted by molar-refractivity contribution is -0.518. The lowest BCUT2D eigenvalue weighted by Gasteiger charge is -2.26. The number of aliphatic hydroxyl groups is 6. The van der Waals surface area contributed by atoms with Crippen LogP contribution in [0.1, 0.15) is 4.88 Å². The minimum absolute atomic E-state index is 0.0313. The zero-order valence-corrected chi connectivity index (χ0v) is 29.6. The molecular weight excluding hydrogens is 762 g/mol. The first kappa shape index (κ1) is 49.7. The van der Waals surface area contributed by atoms with Crippen molar-refractivity contribution < 1.29 is 104 Å². The molecule has 1 aromatic rings. The van der Waals surface area contributed by atoms with Crippen LogP contribution in [0.5, 0.6) is 0 Å². The molecule has 0 aliphatic heterocycles. The molecule has 0 spiro atoms. The molecule has 0 saturated carbocycles. The van der Waals surface area contributed by atoms with Gasteiger partial charge in [0.2, 0.25) is 0 Å². The van der Waals surface area contributed by atoms with Gasteiger partial charge in [-0.1, -0.05) is 6.07 Å². The van der Waals surface area contributed by atoms with E-state index < -0.39 is 88.7 Å². The summed E-state index contributed by atoms with van der Waals surface area (Å²) in [5, 5.41) is 59.3. The minimum Gasteiger partial charge on any atom is -0.394 e. The van der Waals surface area contributed by atoms with Crippen LogP contribution in [0, 0.1) is 0 Å². The Hall–Kier alpha value is -1.36. The van der Waals surface area contributed by atoms with Crippen molar-refractivity contribution in [2.45, 2.75) is 55.5 Å². The van der Waals surface area contributed by atoms with Crippen LogP contribution in [0.4, 0.5) is 26.3 Å². The number of rotatable bonds is 36. The Labute approximate surface area is 305 Å². The molecule has 23 heteroatoms. The van der Waals surface area contributed by atoms with Crippen molar-refractivity contribution in [2.24, 2.45) is 0 Å². The van der Waals surface area contributed by atoms with Crippen LogP contribution >= 0.6 is 11.3 Å². The summed E-state index contributed by atoms with van der Waals surface area (Å²) in [5.74, 6) is 0. The zero-order valence-electron chi connectivity index (χ0n) is 28.8. The largest absolute Gasteiger partial charge is 0.495 e. The van der Waals surface area contributed by atoms with Crippen molar-refractivity contribution >= 4 is 11.3 Å². The maximum atomic E-state index is 13.8. The minimum atomic E-state index is -5.50. The smallest absolute Gasteiger partial charge is 0.394 e. The molecule has 0 aliphatic carbocycles. The van der Waals surface area contributed by atoms with Crippen molar-refractivity contribution in [3.05, 3.63) is 22.4 Å². The predicted molar refractivity (Wildman–Crippen MR) is 169 cm³/mol. The van der Waals surface area contributed by atoms with E-state index in [4.69, 9.17) is 33.5 Å². The van der Waals surface area contributed by atoms with E-state index in [1.54, 1.807) is 11.3 Å². The van der Waals surface area contributed by atoms with Crippen LogP contribution in [0.15, 0.2) is 17.5 Å². The highest BCUT2D eigenvalue weighted by Gasteiger charge is 2.52. The fourth-order valence-electron chi connectivity index (χ4n) is 3.66. The molecule has 1 rings (SSSR count). The van der Waals surface area contributed by atoms with Crippen molar-refractivity contribution in [1.29, 1.82) is 0 Å².